The lowest BCUT2D eigenvalue weighted by molar-refractivity contribution is -0.138. The van der Waals surface area contributed by atoms with Gasteiger partial charge in [-0.25, -0.2) is 14.2 Å². The maximum atomic E-state index is 14.3. The van der Waals surface area contributed by atoms with Crippen molar-refractivity contribution < 1.29 is 23.4 Å². The van der Waals surface area contributed by atoms with Gasteiger partial charge >= 0.3 is 5.97 Å². The van der Waals surface area contributed by atoms with Gasteiger partial charge in [-0.15, -0.1) is 0 Å². The Morgan fingerprint density at radius 1 is 0.918 bits per heavy atom. The number of fused-ring (bicyclic) bond motifs is 1. The molecule has 7 nitrogen and oxygen atoms in total. The van der Waals surface area contributed by atoms with E-state index in [4.69, 9.17) is 19.2 Å². The Morgan fingerprint density at radius 2 is 1.65 bits per heavy atom. The van der Waals surface area contributed by atoms with Crippen molar-refractivity contribution in [3.8, 4) is 11.5 Å². The molecule has 6 rings (SSSR count). The number of carbonyl (C=O) groups is 1. The van der Waals surface area contributed by atoms with Crippen LogP contribution in [-0.2, 0) is 16.1 Å². The minimum Gasteiger partial charge on any atom is -0.490 e. The molecular weight excluding hydrogens is 640 g/mol. The predicted octanol–water partition coefficient (Wildman–Crippen LogP) is 7.18. The number of thiazole rings is 1. The molecule has 0 unspecified atom stereocenters. The third-order valence-corrected chi connectivity index (χ3v) is 9.18. The van der Waals surface area contributed by atoms with Crippen molar-refractivity contribution in [1.29, 1.82) is 0 Å². The molecule has 250 valence electrons. The van der Waals surface area contributed by atoms with E-state index in [1.165, 1.54) is 17.4 Å². The fraction of sp³-hybridized carbons (Fsp3) is 0.225. The zero-order chi connectivity index (χ0) is 34.5. The van der Waals surface area contributed by atoms with Gasteiger partial charge in [-0.2, -0.15) is 0 Å². The average Bonchev–Trinajstić information content (AvgIpc) is 3.42. The van der Waals surface area contributed by atoms with E-state index in [9.17, 15) is 14.0 Å². The molecule has 0 saturated carbocycles. The number of rotatable bonds is 11. The summed E-state index contributed by atoms with van der Waals surface area (Å²) in [7, 11) is 0. The number of carbonyl (C=O) groups excluding carboxylic acids is 1. The fourth-order valence-corrected chi connectivity index (χ4v) is 6.74. The smallest absolute Gasteiger partial charge is 0.338 e. The van der Waals surface area contributed by atoms with E-state index in [-0.39, 0.29) is 24.6 Å². The lowest BCUT2D eigenvalue weighted by Gasteiger charge is -2.26. The zero-order valence-corrected chi connectivity index (χ0v) is 28.6. The molecule has 49 heavy (non-hydrogen) atoms. The van der Waals surface area contributed by atoms with Gasteiger partial charge in [0.25, 0.3) is 5.56 Å². The van der Waals surface area contributed by atoms with Crippen LogP contribution in [0, 0.1) is 5.82 Å². The zero-order valence-electron chi connectivity index (χ0n) is 27.8. The number of ether oxygens (including phenoxy) is 3. The van der Waals surface area contributed by atoms with Gasteiger partial charge in [-0.1, -0.05) is 104 Å². The van der Waals surface area contributed by atoms with Gasteiger partial charge in [0, 0.05) is 11.1 Å². The van der Waals surface area contributed by atoms with Crippen LogP contribution in [0.4, 0.5) is 4.39 Å². The van der Waals surface area contributed by atoms with Crippen LogP contribution in [0.1, 0.15) is 67.5 Å². The average molecular weight is 677 g/mol. The van der Waals surface area contributed by atoms with Gasteiger partial charge in [0.05, 0.1) is 35.1 Å². The molecule has 9 heteroatoms. The highest BCUT2D eigenvalue weighted by atomic mass is 32.1. The van der Waals surface area contributed by atoms with Crippen LogP contribution in [0.5, 0.6) is 11.5 Å². The SMILES string of the molecule is CCOC(=O)C1=C(c2ccccc2)N=c2s/c(=C\c3ccc(OCc4ccccc4F)c(OCC)c3)c(=O)n2[C@H]1c1ccc(C(C)C)cc1. The van der Waals surface area contributed by atoms with E-state index in [0.717, 1.165) is 16.7 Å². The second kappa shape index (κ2) is 14.9. The summed E-state index contributed by atoms with van der Waals surface area (Å²) in [5.74, 6) is 0.376. The molecule has 0 bridgehead atoms. The summed E-state index contributed by atoms with van der Waals surface area (Å²) in [6.45, 7) is 8.46. The monoisotopic (exact) mass is 676 g/mol. The Kier molecular flexibility index (Phi) is 10.2. The first-order valence-electron chi connectivity index (χ1n) is 16.3. The summed E-state index contributed by atoms with van der Waals surface area (Å²) in [6, 6.07) is 28.5. The van der Waals surface area contributed by atoms with E-state index in [2.05, 4.69) is 13.8 Å². The molecule has 0 amide bonds. The molecule has 0 N–H and O–H groups in total. The molecule has 1 atom stereocenters. The topological polar surface area (TPSA) is 79.1 Å². The van der Waals surface area contributed by atoms with Crippen molar-refractivity contribution in [2.75, 3.05) is 13.2 Å². The normalized spacial score (nSPS) is 14.4. The summed E-state index contributed by atoms with van der Waals surface area (Å²) in [6.07, 6.45) is 1.78. The van der Waals surface area contributed by atoms with Crippen molar-refractivity contribution >= 4 is 29.1 Å². The van der Waals surface area contributed by atoms with Crippen molar-refractivity contribution in [2.24, 2.45) is 4.99 Å². The third-order valence-electron chi connectivity index (χ3n) is 8.20. The number of esters is 1. The molecule has 0 saturated heterocycles. The summed E-state index contributed by atoms with van der Waals surface area (Å²) in [4.78, 5) is 33.5. The van der Waals surface area contributed by atoms with Crippen molar-refractivity contribution in [3.05, 3.63) is 156 Å². The van der Waals surface area contributed by atoms with Gasteiger partial charge in [0.1, 0.15) is 12.4 Å². The molecular formula is C40H37FN2O5S. The second-order valence-corrected chi connectivity index (χ2v) is 12.8. The first-order chi connectivity index (χ1) is 23.8. The quantitative estimate of drug-likeness (QED) is 0.139. The standard InChI is InChI=1S/C40H37FN2O5S/c1-5-46-33-22-26(16-21-32(33)48-24-30-14-10-11-15-31(30)41)23-34-38(44)43-37(29-19-17-27(18-20-29)25(3)4)35(39(45)47-6-2)36(42-40(43)49-34)28-12-8-7-9-13-28/h7-23,25,37H,5-6,24H2,1-4H3/b34-23-/t37-/m0/s1. The van der Waals surface area contributed by atoms with Gasteiger partial charge in [-0.3, -0.25) is 9.36 Å². The van der Waals surface area contributed by atoms with E-state index < -0.39 is 12.0 Å². The van der Waals surface area contributed by atoms with Gasteiger partial charge in [0.15, 0.2) is 16.3 Å². The molecule has 0 spiro atoms. The Labute approximate surface area is 288 Å². The van der Waals surface area contributed by atoms with Crippen molar-refractivity contribution in [1.82, 2.24) is 4.57 Å². The first kappa shape index (κ1) is 33.6. The Balaban J connectivity index is 1.48. The molecule has 0 radical (unpaired) electrons. The summed E-state index contributed by atoms with van der Waals surface area (Å²) >= 11 is 1.25. The second-order valence-electron chi connectivity index (χ2n) is 11.8. The van der Waals surface area contributed by atoms with Crippen molar-refractivity contribution in [2.45, 2.75) is 46.3 Å². The Bertz CT molecular complexity index is 2190. The minimum absolute atomic E-state index is 0.0371. The number of hydrogen-bond acceptors (Lipinski definition) is 7. The molecule has 1 aliphatic rings. The molecule has 2 heterocycles. The fourth-order valence-electron chi connectivity index (χ4n) is 5.74. The number of halogens is 1. The lowest BCUT2D eigenvalue weighted by Crippen LogP contribution is -2.40. The molecule has 0 fully saturated rings. The highest BCUT2D eigenvalue weighted by Gasteiger charge is 2.35. The largest absolute Gasteiger partial charge is 0.490 e. The van der Waals surface area contributed by atoms with E-state index in [1.807, 2.05) is 67.6 Å². The highest BCUT2D eigenvalue weighted by Crippen LogP contribution is 2.36. The highest BCUT2D eigenvalue weighted by molar-refractivity contribution is 7.07. The lowest BCUT2D eigenvalue weighted by atomic mass is 9.91. The van der Waals surface area contributed by atoms with E-state index in [1.54, 1.807) is 47.9 Å². The molecule has 4 aromatic carbocycles. The van der Waals surface area contributed by atoms with Gasteiger partial charge < -0.3 is 14.2 Å². The molecule has 1 aromatic heterocycles. The Hall–Kier alpha value is -5.28. The third kappa shape index (κ3) is 7.12. The molecule has 5 aromatic rings. The molecule has 0 aliphatic carbocycles. The predicted molar refractivity (Wildman–Crippen MR) is 190 cm³/mol. The summed E-state index contributed by atoms with van der Waals surface area (Å²) in [5.41, 5.74) is 4.30. The van der Waals surface area contributed by atoms with Crippen LogP contribution in [-0.4, -0.2) is 23.8 Å². The van der Waals surface area contributed by atoms with Crippen LogP contribution in [0.3, 0.4) is 0 Å². The number of hydrogen-bond donors (Lipinski definition) is 0. The van der Waals surface area contributed by atoms with Crippen LogP contribution in [0.25, 0.3) is 11.8 Å². The summed E-state index contributed by atoms with van der Waals surface area (Å²) in [5, 5.41) is 0. The maximum Gasteiger partial charge on any atom is 0.338 e. The summed E-state index contributed by atoms with van der Waals surface area (Å²) < 4.78 is 33.6. The van der Waals surface area contributed by atoms with Crippen LogP contribution in [0.2, 0.25) is 0 Å². The maximum absolute atomic E-state index is 14.3. The number of aromatic nitrogens is 1. The van der Waals surface area contributed by atoms with E-state index in [0.29, 0.717) is 55.8 Å². The van der Waals surface area contributed by atoms with Crippen LogP contribution >= 0.6 is 11.3 Å². The first-order valence-corrected chi connectivity index (χ1v) is 17.1. The Morgan fingerprint density at radius 3 is 2.35 bits per heavy atom. The number of nitrogens with zero attached hydrogens (tertiary/aromatic N) is 2. The van der Waals surface area contributed by atoms with E-state index >= 15 is 0 Å². The molecule has 1 aliphatic heterocycles. The van der Waals surface area contributed by atoms with Gasteiger partial charge in [-0.05, 0) is 60.7 Å². The van der Waals surface area contributed by atoms with Gasteiger partial charge in [0.2, 0.25) is 0 Å². The van der Waals surface area contributed by atoms with Crippen molar-refractivity contribution in [3.63, 3.8) is 0 Å². The minimum atomic E-state index is -0.762. The van der Waals surface area contributed by atoms with Crippen LogP contribution in [0.15, 0.2) is 112 Å². The van der Waals surface area contributed by atoms with Crippen LogP contribution < -0.4 is 24.4 Å². The number of benzene rings is 4.